The Morgan fingerprint density at radius 1 is 1.24 bits per heavy atom. The first-order chi connectivity index (χ1) is 8.04. The fraction of sp³-hybridized carbons (Fsp3) is 1.00. The van der Waals surface area contributed by atoms with Crippen LogP contribution in [0, 0.1) is 5.92 Å². The lowest BCUT2D eigenvalue weighted by molar-refractivity contribution is 0.416. The maximum absolute atomic E-state index is 3.77. The molecular formula is C14H29NS2. The third kappa shape index (κ3) is 5.44. The number of thioether (sulfide) groups is 2. The summed E-state index contributed by atoms with van der Waals surface area (Å²) >= 11 is 4.37. The largest absolute Gasteiger partial charge is 0.313 e. The van der Waals surface area contributed by atoms with E-state index < -0.39 is 0 Å². The summed E-state index contributed by atoms with van der Waals surface area (Å²) in [6, 6.07) is 0.711. The van der Waals surface area contributed by atoms with Gasteiger partial charge in [-0.05, 0) is 25.3 Å². The molecule has 1 fully saturated rings. The van der Waals surface area contributed by atoms with Gasteiger partial charge in [0.2, 0.25) is 0 Å². The van der Waals surface area contributed by atoms with Gasteiger partial charge in [0.15, 0.2) is 0 Å². The highest BCUT2D eigenvalue weighted by Gasteiger charge is 2.31. The molecule has 0 aliphatic carbocycles. The van der Waals surface area contributed by atoms with Gasteiger partial charge in [-0.2, -0.15) is 23.5 Å². The van der Waals surface area contributed by atoms with Crippen LogP contribution < -0.4 is 5.32 Å². The minimum Gasteiger partial charge on any atom is -0.313 e. The van der Waals surface area contributed by atoms with Crippen LogP contribution in [-0.2, 0) is 0 Å². The van der Waals surface area contributed by atoms with Crippen molar-refractivity contribution in [3.63, 3.8) is 0 Å². The summed E-state index contributed by atoms with van der Waals surface area (Å²) in [5.74, 6) is 2.12. The molecule has 1 aliphatic heterocycles. The number of rotatable bonds is 6. The Bertz CT molecular complexity index is 208. The molecule has 17 heavy (non-hydrogen) atoms. The van der Waals surface area contributed by atoms with Crippen molar-refractivity contribution >= 4 is 23.5 Å². The average molecular weight is 276 g/mol. The second-order valence-electron chi connectivity index (χ2n) is 5.61. The van der Waals surface area contributed by atoms with E-state index in [2.05, 4.69) is 63.5 Å². The molecule has 0 aromatic carbocycles. The molecule has 4 unspecified atom stereocenters. The molecule has 0 aromatic rings. The van der Waals surface area contributed by atoms with E-state index in [0.717, 1.165) is 21.7 Å². The van der Waals surface area contributed by atoms with Gasteiger partial charge in [-0.15, -0.1) is 0 Å². The third-order valence-corrected chi connectivity index (χ3v) is 6.96. The number of nitrogens with one attached hydrogen (secondary N) is 1. The zero-order chi connectivity index (χ0) is 12.8. The molecule has 0 bridgehead atoms. The Kier molecular flexibility index (Phi) is 7.36. The Morgan fingerprint density at radius 2 is 1.94 bits per heavy atom. The summed E-state index contributed by atoms with van der Waals surface area (Å²) in [5, 5.41) is 6.20. The smallest absolute Gasteiger partial charge is 0.0294 e. The molecule has 0 aromatic heterocycles. The van der Waals surface area contributed by atoms with Crippen molar-refractivity contribution in [2.45, 2.75) is 69.3 Å². The van der Waals surface area contributed by atoms with E-state index in [1.165, 1.54) is 25.1 Å². The Hall–Kier alpha value is 0.660. The van der Waals surface area contributed by atoms with Crippen molar-refractivity contribution in [1.82, 2.24) is 5.32 Å². The van der Waals surface area contributed by atoms with Gasteiger partial charge in [0.1, 0.15) is 0 Å². The number of hydrogen-bond acceptors (Lipinski definition) is 3. The summed E-state index contributed by atoms with van der Waals surface area (Å²) in [4.78, 5) is 0. The van der Waals surface area contributed by atoms with Crippen molar-refractivity contribution in [2.75, 3.05) is 12.3 Å². The van der Waals surface area contributed by atoms with Crippen LogP contribution in [-0.4, -0.2) is 34.1 Å². The van der Waals surface area contributed by atoms with Gasteiger partial charge >= 0.3 is 0 Å². The zero-order valence-corrected chi connectivity index (χ0v) is 13.7. The van der Waals surface area contributed by atoms with E-state index >= 15 is 0 Å². The second-order valence-corrected chi connectivity index (χ2v) is 8.64. The van der Waals surface area contributed by atoms with Crippen LogP contribution in [0.2, 0.25) is 0 Å². The van der Waals surface area contributed by atoms with Gasteiger partial charge in [0.05, 0.1) is 0 Å². The van der Waals surface area contributed by atoms with Gasteiger partial charge in [-0.1, -0.05) is 34.6 Å². The Labute approximate surface area is 116 Å². The summed E-state index contributed by atoms with van der Waals surface area (Å²) in [7, 11) is 0. The van der Waals surface area contributed by atoms with Crippen LogP contribution in [0.25, 0.3) is 0 Å². The average Bonchev–Trinajstić information content (AvgIpc) is 2.27. The second kappa shape index (κ2) is 7.96. The normalized spacial score (nSPS) is 31.8. The lowest BCUT2D eigenvalue weighted by Gasteiger charge is -2.37. The highest BCUT2D eigenvalue weighted by molar-refractivity contribution is 8.07. The van der Waals surface area contributed by atoms with Crippen LogP contribution in [0.15, 0.2) is 0 Å². The molecule has 3 heteroatoms. The summed E-state index contributed by atoms with van der Waals surface area (Å²) in [6.45, 7) is 12.9. The molecule has 1 N–H and O–H groups in total. The fourth-order valence-corrected chi connectivity index (χ4v) is 5.37. The van der Waals surface area contributed by atoms with E-state index in [1.54, 1.807) is 0 Å². The van der Waals surface area contributed by atoms with E-state index in [0.29, 0.717) is 6.04 Å². The van der Waals surface area contributed by atoms with Crippen molar-refractivity contribution in [2.24, 2.45) is 5.92 Å². The predicted octanol–water partition coefficient (Wildman–Crippen LogP) is 4.03. The van der Waals surface area contributed by atoms with E-state index in [9.17, 15) is 0 Å². The van der Waals surface area contributed by atoms with E-state index in [-0.39, 0.29) is 0 Å². The Balaban J connectivity index is 2.50. The highest BCUT2D eigenvalue weighted by Crippen LogP contribution is 2.38. The maximum atomic E-state index is 3.77. The topological polar surface area (TPSA) is 12.0 Å². The molecule has 1 nitrogen and oxygen atoms in total. The van der Waals surface area contributed by atoms with Gasteiger partial charge in [0, 0.05) is 27.5 Å². The van der Waals surface area contributed by atoms with Gasteiger partial charge in [-0.25, -0.2) is 0 Å². The maximum Gasteiger partial charge on any atom is 0.0294 e. The van der Waals surface area contributed by atoms with E-state index in [1.807, 2.05) is 0 Å². The van der Waals surface area contributed by atoms with Crippen LogP contribution in [0.4, 0.5) is 0 Å². The molecule has 102 valence electrons. The van der Waals surface area contributed by atoms with Crippen molar-refractivity contribution in [3.05, 3.63) is 0 Å². The summed E-state index contributed by atoms with van der Waals surface area (Å²) < 4.78 is 0. The minimum absolute atomic E-state index is 0.711. The first-order valence-corrected chi connectivity index (χ1v) is 9.04. The fourth-order valence-electron chi connectivity index (χ4n) is 2.22. The van der Waals surface area contributed by atoms with Crippen LogP contribution in [0.3, 0.4) is 0 Å². The van der Waals surface area contributed by atoms with Crippen molar-refractivity contribution in [1.29, 1.82) is 0 Å². The lowest BCUT2D eigenvalue weighted by atomic mass is 10.0. The molecule has 1 saturated heterocycles. The summed E-state index contributed by atoms with van der Waals surface area (Å²) in [6.07, 6.45) is 2.56. The molecule has 1 rings (SSSR count). The molecule has 1 aliphatic rings. The van der Waals surface area contributed by atoms with Gasteiger partial charge in [0.25, 0.3) is 0 Å². The molecule has 4 atom stereocenters. The molecule has 1 heterocycles. The molecule has 0 radical (unpaired) electrons. The predicted molar refractivity (Wildman–Crippen MR) is 84.3 cm³/mol. The quantitative estimate of drug-likeness (QED) is 0.786. The van der Waals surface area contributed by atoms with Crippen molar-refractivity contribution < 1.29 is 0 Å². The van der Waals surface area contributed by atoms with Crippen molar-refractivity contribution in [3.8, 4) is 0 Å². The van der Waals surface area contributed by atoms with E-state index in [4.69, 9.17) is 0 Å². The lowest BCUT2D eigenvalue weighted by Crippen LogP contribution is -2.44. The SMILES string of the molecule is CCCNC(CC(C)C)C1CSC(C)C(C)S1. The standard InChI is InChI=1S/C14H29NS2/c1-6-7-15-13(8-10(2)3)14-9-16-11(4)12(5)17-14/h10-15H,6-9H2,1-5H3. The Morgan fingerprint density at radius 3 is 2.47 bits per heavy atom. The third-order valence-electron chi connectivity index (χ3n) is 3.40. The number of hydrogen-bond donors (Lipinski definition) is 1. The van der Waals surface area contributed by atoms with Crippen LogP contribution in [0.1, 0.15) is 47.5 Å². The van der Waals surface area contributed by atoms with Crippen LogP contribution >= 0.6 is 23.5 Å². The minimum atomic E-state index is 0.711. The zero-order valence-electron chi connectivity index (χ0n) is 12.0. The molecule has 0 amide bonds. The molecule has 0 saturated carbocycles. The van der Waals surface area contributed by atoms with Gasteiger partial charge in [-0.3, -0.25) is 0 Å². The first kappa shape index (κ1) is 15.7. The summed E-state index contributed by atoms with van der Waals surface area (Å²) in [5.41, 5.74) is 0. The highest BCUT2D eigenvalue weighted by atomic mass is 32.2. The first-order valence-electron chi connectivity index (χ1n) is 7.05. The molecular weight excluding hydrogens is 246 g/mol. The van der Waals surface area contributed by atoms with Gasteiger partial charge < -0.3 is 5.32 Å². The monoisotopic (exact) mass is 275 g/mol. The molecule has 0 spiro atoms. The van der Waals surface area contributed by atoms with Crippen LogP contribution in [0.5, 0.6) is 0 Å².